The zero-order chi connectivity index (χ0) is 28.8. The van der Waals surface area contributed by atoms with Gasteiger partial charge < -0.3 is 36.7 Å². The number of nitrogens with zero attached hydrogens (tertiary/aromatic N) is 4. The van der Waals surface area contributed by atoms with Crippen LogP contribution in [0.1, 0.15) is 16.8 Å². The van der Waals surface area contributed by atoms with E-state index in [2.05, 4.69) is 20.1 Å². The number of hydrogen-bond donors (Lipinski definition) is 5. The van der Waals surface area contributed by atoms with Gasteiger partial charge in [-0.25, -0.2) is 14.2 Å². The zero-order valence-electron chi connectivity index (χ0n) is 22.5. The highest BCUT2D eigenvalue weighted by molar-refractivity contribution is 6.18. The summed E-state index contributed by atoms with van der Waals surface area (Å²) in [6, 6.07) is 9.40. The number of pyridine rings is 3. The molecule has 12 heteroatoms. The van der Waals surface area contributed by atoms with Crippen LogP contribution in [0.15, 0.2) is 53.6 Å². The number of benzene rings is 1. The minimum atomic E-state index is -1.30. The van der Waals surface area contributed by atoms with Gasteiger partial charge in [0.2, 0.25) is 0 Å². The molecule has 0 radical (unpaired) electrons. The molecule has 41 heavy (non-hydrogen) atoms. The predicted octanol–water partition coefficient (Wildman–Crippen LogP) is 2.38. The van der Waals surface area contributed by atoms with Gasteiger partial charge in [0.1, 0.15) is 22.7 Å². The van der Waals surface area contributed by atoms with Crippen molar-refractivity contribution < 1.29 is 14.3 Å². The normalized spacial score (nSPS) is 22.7. The molecular formula is C29H29FN8O3. The van der Waals surface area contributed by atoms with Crippen LogP contribution in [0.2, 0.25) is 0 Å². The van der Waals surface area contributed by atoms with Crippen LogP contribution < -0.4 is 27.2 Å². The Kier molecular flexibility index (Phi) is 5.27. The molecule has 7 N–H and O–H groups in total. The number of carboxylic acid groups (broad SMARTS) is 1. The summed E-state index contributed by atoms with van der Waals surface area (Å²) in [4.78, 5) is 37.0. The minimum absolute atomic E-state index is 0.331. The SMILES string of the molecule is CNc1cc(F)cc2c1[nH]c1ncc(-c3ccc4ccc(C(=O)O)c(=O)n4c3)c(N3CC[C@]4(N)CN(C)C[C@]34N)c12. The predicted molar refractivity (Wildman–Crippen MR) is 156 cm³/mol. The van der Waals surface area contributed by atoms with Gasteiger partial charge in [-0.1, -0.05) is 6.07 Å². The van der Waals surface area contributed by atoms with Crippen LogP contribution in [0.25, 0.3) is 38.6 Å². The molecule has 0 saturated carbocycles. The molecule has 4 aromatic heterocycles. The number of likely N-dealkylation sites (N-methyl/N-ethyl adjacent to an activating group) is 1. The second-order valence-corrected chi connectivity index (χ2v) is 11.2. The molecule has 2 saturated heterocycles. The van der Waals surface area contributed by atoms with Crippen molar-refractivity contribution in [1.82, 2.24) is 19.3 Å². The minimum Gasteiger partial charge on any atom is -0.477 e. The second-order valence-electron chi connectivity index (χ2n) is 11.2. The molecule has 0 amide bonds. The lowest BCUT2D eigenvalue weighted by molar-refractivity contribution is 0.0694. The van der Waals surface area contributed by atoms with E-state index < -0.39 is 28.5 Å². The van der Waals surface area contributed by atoms with Gasteiger partial charge in [0, 0.05) is 61.1 Å². The maximum Gasteiger partial charge on any atom is 0.341 e. The summed E-state index contributed by atoms with van der Waals surface area (Å²) in [6.07, 6.45) is 3.96. The number of nitrogens with one attached hydrogen (secondary N) is 2. The first-order valence-corrected chi connectivity index (χ1v) is 13.3. The fourth-order valence-corrected chi connectivity index (χ4v) is 6.83. The molecule has 2 aliphatic rings. The summed E-state index contributed by atoms with van der Waals surface area (Å²) in [5, 5.41) is 13.9. The Morgan fingerprint density at radius 3 is 2.73 bits per heavy atom. The van der Waals surface area contributed by atoms with E-state index in [-0.39, 0.29) is 5.56 Å². The van der Waals surface area contributed by atoms with E-state index in [9.17, 15) is 19.1 Å². The van der Waals surface area contributed by atoms with Crippen molar-refractivity contribution in [3.8, 4) is 11.1 Å². The first-order chi connectivity index (χ1) is 19.5. The first-order valence-electron chi connectivity index (χ1n) is 13.3. The lowest BCUT2D eigenvalue weighted by atomic mass is 9.89. The highest BCUT2D eigenvalue weighted by atomic mass is 19.1. The van der Waals surface area contributed by atoms with E-state index in [0.29, 0.717) is 70.3 Å². The maximum atomic E-state index is 14.9. The molecular weight excluding hydrogens is 527 g/mol. The maximum absolute atomic E-state index is 14.9. The number of carbonyl (C=O) groups is 1. The Bertz CT molecular complexity index is 1990. The molecule has 6 heterocycles. The number of halogens is 1. The number of hydrogen-bond acceptors (Lipinski definition) is 8. The van der Waals surface area contributed by atoms with Crippen LogP contribution >= 0.6 is 0 Å². The Hall–Kier alpha value is -4.52. The molecule has 2 fully saturated rings. The molecule has 0 bridgehead atoms. The fraction of sp³-hybridized carbons (Fsp3) is 0.276. The van der Waals surface area contributed by atoms with Crippen LogP contribution in [0.3, 0.4) is 0 Å². The van der Waals surface area contributed by atoms with Crippen molar-refractivity contribution >= 4 is 44.8 Å². The highest BCUT2D eigenvalue weighted by Gasteiger charge is 2.60. The van der Waals surface area contributed by atoms with Crippen molar-refractivity contribution in [3.63, 3.8) is 0 Å². The monoisotopic (exact) mass is 556 g/mol. The molecule has 5 aromatic rings. The fourth-order valence-electron chi connectivity index (χ4n) is 6.83. The molecule has 0 unspecified atom stereocenters. The number of H-pyrrole nitrogens is 1. The molecule has 210 valence electrons. The van der Waals surface area contributed by atoms with Crippen LogP contribution in [0.4, 0.5) is 15.8 Å². The quantitative estimate of drug-likeness (QED) is 0.224. The second kappa shape index (κ2) is 8.49. The topological polar surface area (TPSA) is 158 Å². The van der Waals surface area contributed by atoms with Gasteiger partial charge in [-0.2, -0.15) is 0 Å². The summed E-state index contributed by atoms with van der Waals surface area (Å²) < 4.78 is 16.2. The van der Waals surface area contributed by atoms with Crippen molar-refractivity contribution in [2.75, 3.05) is 43.9 Å². The molecule has 0 spiro atoms. The standard InChI is InChI=1S/C29H29FN8O3/c1-33-21-10-16(30)9-19-22-24(38-8-7-28(31)13-36(2)14-29(28,38)32)20(11-34-25(22)35-23(19)21)15-3-4-17-5-6-18(27(40)41)26(39)37(17)12-15/h3-6,9-12,33H,7-8,13-14,31-32H2,1-2H3,(H,34,35)(H,40,41)/t28-,29-/m0/s1. The van der Waals surface area contributed by atoms with Gasteiger partial charge in [-0.15, -0.1) is 0 Å². The van der Waals surface area contributed by atoms with Gasteiger partial charge in [0.25, 0.3) is 5.56 Å². The van der Waals surface area contributed by atoms with E-state index in [1.54, 1.807) is 31.6 Å². The number of rotatable bonds is 4. The van der Waals surface area contributed by atoms with Crippen LogP contribution in [0, 0.1) is 5.82 Å². The summed E-state index contributed by atoms with van der Waals surface area (Å²) in [6.45, 7) is 1.70. The van der Waals surface area contributed by atoms with Gasteiger partial charge in [0.15, 0.2) is 0 Å². The summed E-state index contributed by atoms with van der Waals surface area (Å²) >= 11 is 0. The van der Waals surface area contributed by atoms with Crippen molar-refractivity contribution in [2.45, 2.75) is 17.6 Å². The smallest absolute Gasteiger partial charge is 0.341 e. The average Bonchev–Trinajstić information content (AvgIpc) is 3.50. The van der Waals surface area contributed by atoms with Gasteiger partial charge in [0.05, 0.1) is 27.8 Å². The molecule has 11 nitrogen and oxygen atoms in total. The largest absolute Gasteiger partial charge is 0.477 e. The van der Waals surface area contributed by atoms with E-state index >= 15 is 0 Å². The van der Waals surface area contributed by atoms with Crippen LogP contribution in [-0.2, 0) is 0 Å². The van der Waals surface area contributed by atoms with Crippen molar-refractivity contribution in [3.05, 3.63) is 70.5 Å². The number of nitrogens with two attached hydrogens (primary N) is 2. The van der Waals surface area contributed by atoms with Gasteiger partial charge in [-0.3, -0.25) is 9.20 Å². The Morgan fingerprint density at radius 1 is 1.20 bits per heavy atom. The third-order valence-corrected chi connectivity index (χ3v) is 8.79. The van der Waals surface area contributed by atoms with Crippen LogP contribution in [0.5, 0.6) is 0 Å². The number of aromatic nitrogens is 3. The van der Waals surface area contributed by atoms with E-state index in [1.165, 1.54) is 22.6 Å². The number of aromatic carboxylic acids is 1. The molecule has 2 atom stereocenters. The zero-order valence-corrected chi connectivity index (χ0v) is 22.5. The molecule has 2 aliphatic heterocycles. The van der Waals surface area contributed by atoms with Crippen LogP contribution in [-0.4, -0.2) is 75.3 Å². The highest BCUT2D eigenvalue weighted by Crippen LogP contribution is 2.49. The molecule has 1 aromatic carbocycles. The van der Waals surface area contributed by atoms with Crippen molar-refractivity contribution in [2.24, 2.45) is 11.5 Å². The number of carboxylic acids is 1. The van der Waals surface area contributed by atoms with Gasteiger partial charge >= 0.3 is 5.97 Å². The van der Waals surface area contributed by atoms with E-state index in [4.69, 9.17) is 16.5 Å². The number of aromatic amines is 1. The van der Waals surface area contributed by atoms with Crippen molar-refractivity contribution in [1.29, 1.82) is 0 Å². The van der Waals surface area contributed by atoms with E-state index in [1.807, 2.05) is 13.1 Å². The molecule has 0 aliphatic carbocycles. The average molecular weight is 557 g/mol. The number of likely N-dealkylation sites (tertiary alicyclic amines) is 1. The number of anilines is 2. The summed E-state index contributed by atoms with van der Waals surface area (Å²) in [7, 11) is 3.71. The van der Waals surface area contributed by atoms with E-state index in [0.717, 1.165) is 5.69 Å². The Morgan fingerprint density at radius 2 is 1.98 bits per heavy atom. The van der Waals surface area contributed by atoms with Gasteiger partial charge in [-0.05, 0) is 43.8 Å². The third-order valence-electron chi connectivity index (χ3n) is 8.79. The Balaban J connectivity index is 1.57. The Labute approximate surface area is 233 Å². The third kappa shape index (κ3) is 3.44. The molecule has 7 rings (SSSR count). The summed E-state index contributed by atoms with van der Waals surface area (Å²) in [5.74, 6) is -1.71. The first kappa shape index (κ1) is 25.4. The lowest BCUT2D eigenvalue weighted by Gasteiger charge is -2.41. The summed E-state index contributed by atoms with van der Waals surface area (Å²) in [5.41, 5.74) is 15.9. The lowest BCUT2D eigenvalue weighted by Crippen LogP contribution is -2.68. The number of fused-ring (bicyclic) bond motifs is 5.